The zero-order valence-corrected chi connectivity index (χ0v) is 27.1. The Kier molecular flexibility index (Phi) is 8.66. The molecular formula is C40H32BFN3O4+. The van der Waals surface area contributed by atoms with Crippen LogP contribution in [-0.2, 0) is 4.74 Å². The number of aliphatic imine (C=N–C) groups is 1. The van der Waals surface area contributed by atoms with Gasteiger partial charge in [0.25, 0.3) is 0 Å². The Bertz CT molecular complexity index is 2140. The van der Waals surface area contributed by atoms with Crippen molar-refractivity contribution in [1.29, 1.82) is 0 Å². The van der Waals surface area contributed by atoms with Crippen molar-refractivity contribution >= 4 is 30.2 Å². The molecule has 7 nitrogen and oxygen atoms in total. The summed E-state index contributed by atoms with van der Waals surface area (Å²) in [6, 6.07) is 24.8. The number of benzene rings is 3. The van der Waals surface area contributed by atoms with E-state index in [1.165, 1.54) is 0 Å². The van der Waals surface area contributed by atoms with Gasteiger partial charge in [0, 0.05) is 23.3 Å². The van der Waals surface area contributed by atoms with Crippen LogP contribution in [0.2, 0.25) is 0 Å². The molecule has 3 aromatic carbocycles. The lowest BCUT2D eigenvalue weighted by atomic mass is 9.92. The van der Waals surface area contributed by atoms with Crippen molar-refractivity contribution in [3.8, 4) is 53.1 Å². The van der Waals surface area contributed by atoms with Crippen molar-refractivity contribution in [2.24, 2.45) is 4.99 Å². The molecule has 0 spiro atoms. The quantitative estimate of drug-likeness (QED) is 0.135. The summed E-state index contributed by atoms with van der Waals surface area (Å²) >= 11 is 0. The molecule has 9 heteroatoms. The average molecular weight is 649 g/mol. The van der Waals surface area contributed by atoms with Crippen molar-refractivity contribution in [2.45, 2.75) is 12.3 Å². The maximum absolute atomic E-state index is 17.6. The highest BCUT2D eigenvalue weighted by Gasteiger charge is 2.50. The SMILES string of the molecule is C#CCOc1ccc(C2=CC(c3ccc(OC)cc3)=[N+]3B(F)n4c(C5C=CC(OC)=CC5)cc(-c5ccc(OCC#C)cc5)c4N=C23)cc1. The summed E-state index contributed by atoms with van der Waals surface area (Å²) in [5, 5.41) is 0. The molecule has 4 aromatic rings. The predicted molar refractivity (Wildman–Crippen MR) is 191 cm³/mol. The topological polar surface area (TPSA) is 57.2 Å². The van der Waals surface area contributed by atoms with Gasteiger partial charge in [-0.05, 0) is 89.3 Å². The number of nitrogens with zero attached hydrogens (tertiary/aromatic N) is 3. The first-order valence-corrected chi connectivity index (χ1v) is 15.8. The minimum atomic E-state index is -1.60. The number of methoxy groups -OCH3 is 2. The molecule has 0 radical (unpaired) electrons. The van der Waals surface area contributed by atoms with Crippen molar-refractivity contribution in [3.05, 3.63) is 126 Å². The number of ether oxygens (including phenoxy) is 4. The number of hydrogen-bond donors (Lipinski definition) is 0. The lowest BCUT2D eigenvalue weighted by molar-refractivity contribution is -0.260. The Hall–Kier alpha value is -6.19. The normalized spacial score (nSPS) is 16.1. The molecule has 3 aliphatic rings. The van der Waals surface area contributed by atoms with E-state index in [9.17, 15) is 0 Å². The standard InChI is InChI=1S/C40H32BFN3O4/c1-5-23-48-33-19-7-27(8-20-33)35-25-37(29-11-15-31(46-3)16-12-29)44-39(35)43-40-36(28-9-21-34(22-10-28)49-24-6-2)26-38(45(40)41(44)42)30-13-17-32(47-4)18-14-30/h1-2,7-13,15-22,25-26,30H,14,23-24H2,3-4H3/q+1. The number of fused-ring (bicyclic) bond motifs is 2. The van der Waals surface area contributed by atoms with Gasteiger partial charge < -0.3 is 18.9 Å². The number of amidine groups is 1. The second-order valence-corrected chi connectivity index (χ2v) is 11.5. The minimum absolute atomic E-state index is 0.102. The fraction of sp³-hybridized carbons (Fsp3) is 0.150. The second-order valence-electron chi connectivity index (χ2n) is 11.5. The van der Waals surface area contributed by atoms with Crippen molar-refractivity contribution in [2.75, 3.05) is 27.4 Å². The summed E-state index contributed by atoms with van der Waals surface area (Å²) in [5.74, 6) is 8.69. The fourth-order valence-electron chi connectivity index (χ4n) is 6.31. The molecule has 0 saturated heterocycles. The van der Waals surface area contributed by atoms with E-state index in [0.717, 1.165) is 39.3 Å². The zero-order valence-electron chi connectivity index (χ0n) is 27.1. The molecule has 0 bridgehead atoms. The van der Waals surface area contributed by atoms with Crippen LogP contribution in [0.1, 0.15) is 29.2 Å². The van der Waals surface area contributed by atoms with Crippen molar-refractivity contribution < 1.29 is 27.7 Å². The maximum atomic E-state index is 17.6. The summed E-state index contributed by atoms with van der Waals surface area (Å²) in [6.07, 6.45) is 19.4. The monoisotopic (exact) mass is 648 g/mol. The van der Waals surface area contributed by atoms with E-state index in [1.54, 1.807) is 23.2 Å². The molecule has 7 rings (SSSR count). The van der Waals surface area contributed by atoms with Gasteiger partial charge in [-0.15, -0.1) is 12.8 Å². The second kappa shape index (κ2) is 13.5. The molecule has 49 heavy (non-hydrogen) atoms. The first-order chi connectivity index (χ1) is 24.0. The molecular weight excluding hydrogens is 616 g/mol. The van der Waals surface area contributed by atoms with Crippen LogP contribution in [-0.4, -0.2) is 55.2 Å². The van der Waals surface area contributed by atoms with Gasteiger partial charge in [-0.3, -0.25) is 8.79 Å². The van der Waals surface area contributed by atoms with Crippen LogP contribution >= 0.6 is 0 Å². The van der Waals surface area contributed by atoms with Crippen LogP contribution < -0.4 is 14.2 Å². The minimum Gasteiger partial charge on any atom is -0.497 e. The number of halogens is 1. The van der Waals surface area contributed by atoms with Crippen LogP contribution in [0, 0.1) is 24.7 Å². The van der Waals surface area contributed by atoms with Gasteiger partial charge >= 0.3 is 13.1 Å². The molecule has 1 unspecified atom stereocenters. The van der Waals surface area contributed by atoms with Crippen LogP contribution in [0.4, 0.5) is 10.1 Å². The highest BCUT2D eigenvalue weighted by atomic mass is 19.1. The lowest BCUT2D eigenvalue weighted by Gasteiger charge is -2.21. The molecule has 1 aliphatic carbocycles. The van der Waals surface area contributed by atoms with Crippen molar-refractivity contribution in [1.82, 2.24) is 4.48 Å². The third-order valence-electron chi connectivity index (χ3n) is 8.73. The third-order valence-corrected chi connectivity index (χ3v) is 8.73. The summed E-state index contributed by atoms with van der Waals surface area (Å²) in [4.78, 5) is 5.26. The van der Waals surface area contributed by atoms with Crippen molar-refractivity contribution in [3.63, 3.8) is 0 Å². The molecule has 240 valence electrons. The van der Waals surface area contributed by atoms with Crippen LogP contribution in [0.25, 0.3) is 16.7 Å². The van der Waals surface area contributed by atoms with E-state index < -0.39 is 7.26 Å². The molecule has 1 aromatic heterocycles. The lowest BCUT2D eigenvalue weighted by Crippen LogP contribution is -2.43. The van der Waals surface area contributed by atoms with E-state index in [-0.39, 0.29) is 19.1 Å². The molecule has 1 atom stereocenters. The Morgan fingerprint density at radius 3 is 2.04 bits per heavy atom. The third kappa shape index (κ3) is 5.92. The van der Waals surface area contributed by atoms with Gasteiger partial charge in [-0.2, -0.15) is 0 Å². The van der Waals surface area contributed by atoms with E-state index in [1.807, 2.05) is 97.1 Å². The Labute approximate surface area is 285 Å². The molecule has 2 aliphatic heterocycles. The smallest absolute Gasteiger partial charge is 0.497 e. The first-order valence-electron chi connectivity index (χ1n) is 15.8. The van der Waals surface area contributed by atoms with E-state index in [0.29, 0.717) is 41.0 Å². The van der Waals surface area contributed by atoms with Gasteiger partial charge in [0.1, 0.15) is 41.9 Å². The predicted octanol–water partition coefficient (Wildman–Crippen LogP) is 7.21. The van der Waals surface area contributed by atoms with Gasteiger partial charge in [0.15, 0.2) is 0 Å². The van der Waals surface area contributed by atoms with Gasteiger partial charge in [0.2, 0.25) is 5.82 Å². The van der Waals surface area contributed by atoms with Gasteiger partial charge in [-0.1, -0.05) is 42.2 Å². The summed E-state index contributed by atoms with van der Waals surface area (Å²) < 4.78 is 43.0. The average Bonchev–Trinajstić information content (AvgIpc) is 3.74. The Morgan fingerprint density at radius 1 is 0.857 bits per heavy atom. The number of allylic oxidation sites excluding steroid dienone is 4. The van der Waals surface area contributed by atoms with Gasteiger partial charge in [-0.25, -0.2) is 4.49 Å². The molecule has 0 saturated carbocycles. The fourth-order valence-corrected chi connectivity index (χ4v) is 6.31. The number of terminal acetylenes is 2. The highest BCUT2D eigenvalue weighted by molar-refractivity contribution is 6.51. The highest BCUT2D eigenvalue weighted by Crippen LogP contribution is 2.43. The summed E-state index contributed by atoms with van der Waals surface area (Å²) in [7, 11) is 1.66. The van der Waals surface area contributed by atoms with Crippen LogP contribution in [0.3, 0.4) is 0 Å². The van der Waals surface area contributed by atoms with Crippen LogP contribution in [0.15, 0.2) is 114 Å². The molecule has 0 N–H and O–H groups in total. The largest absolute Gasteiger partial charge is 0.727 e. The first kappa shape index (κ1) is 31.4. The van der Waals surface area contributed by atoms with Gasteiger partial charge in [0.05, 0.1) is 25.4 Å². The van der Waals surface area contributed by atoms with Crippen LogP contribution in [0.5, 0.6) is 17.2 Å². The summed E-state index contributed by atoms with van der Waals surface area (Å²) in [6.45, 7) is 0.335. The number of rotatable bonds is 10. The Morgan fingerprint density at radius 2 is 1.47 bits per heavy atom. The Balaban J connectivity index is 1.40. The zero-order chi connectivity index (χ0) is 33.9. The molecule has 0 fully saturated rings. The molecule has 3 heterocycles. The maximum Gasteiger partial charge on any atom is 0.727 e. The summed E-state index contributed by atoms with van der Waals surface area (Å²) in [5.41, 5.74) is 5.62. The number of hydrogen-bond acceptors (Lipinski definition) is 5. The molecule has 0 amide bonds. The van der Waals surface area contributed by atoms with E-state index >= 15 is 4.32 Å². The van der Waals surface area contributed by atoms with E-state index in [4.69, 9.17) is 36.8 Å². The van der Waals surface area contributed by atoms with E-state index in [2.05, 4.69) is 17.9 Å². The number of aromatic nitrogens is 1.